The van der Waals surface area contributed by atoms with Crippen LogP contribution in [0.5, 0.6) is 5.75 Å². The number of halogens is 1. The zero-order valence-electron chi connectivity index (χ0n) is 14.5. The summed E-state index contributed by atoms with van der Waals surface area (Å²) in [4.78, 5) is 19.2. The Hall–Kier alpha value is -2.93. The zero-order valence-corrected chi connectivity index (χ0v) is 14.5. The molecule has 5 rings (SSSR count). The molecule has 2 aliphatic heterocycles. The van der Waals surface area contributed by atoms with Crippen molar-refractivity contribution in [3.05, 3.63) is 65.9 Å². The van der Waals surface area contributed by atoms with Gasteiger partial charge < -0.3 is 19.1 Å². The lowest BCUT2D eigenvalue weighted by Crippen LogP contribution is -2.35. The molecule has 138 valence electrons. The number of amides is 1. The normalized spacial score (nSPS) is 23.8. The summed E-state index contributed by atoms with van der Waals surface area (Å²) in [6.45, 7) is 0.768. The molecular formula is C20H18FN3O3. The van der Waals surface area contributed by atoms with Crippen LogP contribution in [-0.4, -0.2) is 45.1 Å². The third-order valence-corrected chi connectivity index (χ3v) is 5.63. The molecule has 0 bridgehead atoms. The average molecular weight is 367 g/mol. The van der Waals surface area contributed by atoms with Gasteiger partial charge in [0.15, 0.2) is 0 Å². The number of likely N-dealkylation sites (tertiary alicyclic amines) is 1. The van der Waals surface area contributed by atoms with Crippen LogP contribution < -0.4 is 4.74 Å². The van der Waals surface area contributed by atoms with Crippen LogP contribution in [0, 0.1) is 17.7 Å². The van der Waals surface area contributed by atoms with Gasteiger partial charge in [-0.05, 0) is 30.3 Å². The minimum absolute atomic E-state index is 0.0422. The number of ether oxygens (including phenoxy) is 1. The number of carbonyl (C=O) groups is 1. The summed E-state index contributed by atoms with van der Waals surface area (Å²) in [5.74, 6) is -0.0805. The second kappa shape index (κ2) is 6.06. The second-order valence-corrected chi connectivity index (χ2v) is 7.11. The molecule has 2 aliphatic rings. The van der Waals surface area contributed by atoms with Crippen molar-refractivity contribution < 1.29 is 19.0 Å². The summed E-state index contributed by atoms with van der Waals surface area (Å²) in [7, 11) is 0. The fourth-order valence-electron chi connectivity index (χ4n) is 4.30. The molecule has 27 heavy (non-hydrogen) atoms. The number of fused-ring (bicyclic) bond motifs is 4. The first-order chi connectivity index (χ1) is 13.2. The van der Waals surface area contributed by atoms with Gasteiger partial charge in [0.05, 0.1) is 18.2 Å². The summed E-state index contributed by atoms with van der Waals surface area (Å²) in [6, 6.07) is 7.63. The summed E-state index contributed by atoms with van der Waals surface area (Å²) in [5.41, 5.74) is 1.96. The Morgan fingerprint density at radius 3 is 3.07 bits per heavy atom. The van der Waals surface area contributed by atoms with Crippen LogP contribution in [0.3, 0.4) is 0 Å². The maximum Gasteiger partial charge on any atom is 0.255 e. The lowest BCUT2D eigenvalue weighted by atomic mass is 9.85. The van der Waals surface area contributed by atoms with Crippen LogP contribution in [-0.2, 0) is 0 Å². The average Bonchev–Trinajstić information content (AvgIpc) is 3.31. The largest absolute Gasteiger partial charge is 0.493 e. The number of imidazole rings is 1. The van der Waals surface area contributed by atoms with E-state index in [1.54, 1.807) is 46.1 Å². The number of hydrogen-bond acceptors (Lipinski definition) is 4. The maximum atomic E-state index is 13.9. The Kier molecular flexibility index (Phi) is 3.65. The second-order valence-electron chi connectivity index (χ2n) is 7.11. The Morgan fingerprint density at radius 2 is 2.22 bits per heavy atom. The van der Waals surface area contributed by atoms with E-state index in [0.717, 1.165) is 5.65 Å². The summed E-state index contributed by atoms with van der Waals surface area (Å²) < 4.78 is 21.5. The molecule has 3 aromatic rings. The van der Waals surface area contributed by atoms with Crippen molar-refractivity contribution in [3.63, 3.8) is 0 Å². The summed E-state index contributed by atoms with van der Waals surface area (Å²) >= 11 is 0. The minimum atomic E-state index is -0.363. The van der Waals surface area contributed by atoms with Crippen LogP contribution >= 0.6 is 0 Å². The molecule has 0 spiro atoms. The Balaban J connectivity index is 1.57. The zero-order chi connectivity index (χ0) is 18.5. The first-order valence-corrected chi connectivity index (χ1v) is 8.92. The van der Waals surface area contributed by atoms with Crippen molar-refractivity contribution >= 4 is 11.6 Å². The lowest BCUT2D eigenvalue weighted by Gasteiger charge is -2.34. The molecular weight excluding hydrogens is 349 g/mol. The number of benzene rings is 1. The quantitative estimate of drug-likeness (QED) is 0.755. The summed E-state index contributed by atoms with van der Waals surface area (Å²) in [5, 5.41) is 9.81. The Morgan fingerprint density at radius 1 is 1.33 bits per heavy atom. The molecule has 0 aliphatic carbocycles. The van der Waals surface area contributed by atoms with Gasteiger partial charge in [0, 0.05) is 49.1 Å². The van der Waals surface area contributed by atoms with Crippen molar-refractivity contribution in [1.82, 2.24) is 14.3 Å². The first-order valence-electron chi connectivity index (χ1n) is 8.92. The molecule has 3 atom stereocenters. The Labute approximate surface area is 154 Å². The highest BCUT2D eigenvalue weighted by molar-refractivity contribution is 5.95. The van der Waals surface area contributed by atoms with E-state index in [2.05, 4.69) is 4.98 Å². The molecule has 2 aromatic heterocycles. The molecule has 7 heteroatoms. The first kappa shape index (κ1) is 16.3. The Bertz CT molecular complexity index is 1030. The van der Waals surface area contributed by atoms with Gasteiger partial charge >= 0.3 is 0 Å². The van der Waals surface area contributed by atoms with Crippen molar-refractivity contribution in [2.24, 2.45) is 11.8 Å². The van der Waals surface area contributed by atoms with Crippen molar-refractivity contribution in [2.45, 2.75) is 6.04 Å². The molecule has 1 fully saturated rings. The van der Waals surface area contributed by atoms with Gasteiger partial charge in [-0.2, -0.15) is 0 Å². The van der Waals surface area contributed by atoms with E-state index in [1.807, 2.05) is 0 Å². The van der Waals surface area contributed by atoms with Crippen LogP contribution in [0.1, 0.15) is 22.0 Å². The molecule has 1 saturated heterocycles. The van der Waals surface area contributed by atoms with E-state index in [4.69, 9.17) is 4.74 Å². The number of carbonyl (C=O) groups excluding carboxylic acids is 1. The van der Waals surface area contributed by atoms with Gasteiger partial charge in [0.2, 0.25) is 0 Å². The van der Waals surface area contributed by atoms with E-state index in [0.29, 0.717) is 30.0 Å². The highest BCUT2D eigenvalue weighted by Crippen LogP contribution is 2.47. The maximum absolute atomic E-state index is 13.9. The van der Waals surface area contributed by atoms with Crippen LogP contribution in [0.4, 0.5) is 4.39 Å². The molecule has 1 aromatic carbocycles. The monoisotopic (exact) mass is 367 g/mol. The van der Waals surface area contributed by atoms with Crippen molar-refractivity contribution in [1.29, 1.82) is 0 Å². The van der Waals surface area contributed by atoms with E-state index >= 15 is 0 Å². The fraction of sp³-hybridized carbons (Fsp3) is 0.300. The van der Waals surface area contributed by atoms with Gasteiger partial charge in [-0.25, -0.2) is 9.37 Å². The number of aromatic nitrogens is 2. The standard InChI is InChI=1S/C20H18FN3O3/c21-14-2-3-17-15(7-14)19-16(11-27-17)13(10-25)9-24(19)20(26)12-1-4-18-22-5-6-23(18)8-12/h1-8,13,16,19,25H,9-11H2/t13-,16-,19-/m0/s1. The van der Waals surface area contributed by atoms with Gasteiger partial charge in [0.25, 0.3) is 5.91 Å². The SMILES string of the molecule is O=C(c1ccc2nccn2c1)N1C[C@@H](CO)[C@@H]2COc3ccc(F)cc3[C@@H]21. The predicted octanol–water partition coefficient (Wildman–Crippen LogP) is 2.29. The molecule has 1 amide bonds. The van der Waals surface area contributed by atoms with E-state index in [-0.39, 0.29) is 36.2 Å². The van der Waals surface area contributed by atoms with E-state index < -0.39 is 0 Å². The van der Waals surface area contributed by atoms with Crippen LogP contribution in [0.15, 0.2) is 48.9 Å². The molecule has 1 N–H and O–H groups in total. The fourth-order valence-corrected chi connectivity index (χ4v) is 4.30. The van der Waals surface area contributed by atoms with Gasteiger partial charge in [0.1, 0.15) is 17.2 Å². The van der Waals surface area contributed by atoms with Gasteiger partial charge in [-0.1, -0.05) is 0 Å². The highest BCUT2D eigenvalue weighted by atomic mass is 19.1. The van der Waals surface area contributed by atoms with Gasteiger partial charge in [-0.3, -0.25) is 4.79 Å². The molecule has 0 radical (unpaired) electrons. The summed E-state index contributed by atoms with van der Waals surface area (Å²) in [6.07, 6.45) is 5.21. The van der Waals surface area contributed by atoms with Gasteiger partial charge in [-0.15, -0.1) is 0 Å². The van der Waals surface area contributed by atoms with Crippen molar-refractivity contribution in [2.75, 3.05) is 19.8 Å². The molecule has 0 unspecified atom stereocenters. The number of nitrogens with zero attached hydrogens (tertiary/aromatic N) is 3. The van der Waals surface area contributed by atoms with E-state index in [1.165, 1.54) is 12.1 Å². The minimum Gasteiger partial charge on any atom is -0.493 e. The number of pyridine rings is 1. The third-order valence-electron chi connectivity index (χ3n) is 5.63. The molecule has 6 nitrogen and oxygen atoms in total. The smallest absolute Gasteiger partial charge is 0.255 e. The van der Waals surface area contributed by atoms with Crippen LogP contribution in [0.2, 0.25) is 0 Å². The lowest BCUT2D eigenvalue weighted by molar-refractivity contribution is 0.0673. The van der Waals surface area contributed by atoms with E-state index in [9.17, 15) is 14.3 Å². The van der Waals surface area contributed by atoms with Crippen molar-refractivity contribution in [3.8, 4) is 5.75 Å². The number of hydrogen-bond donors (Lipinski definition) is 1. The third kappa shape index (κ3) is 2.49. The molecule has 0 saturated carbocycles. The van der Waals surface area contributed by atoms with Crippen LogP contribution in [0.25, 0.3) is 5.65 Å². The molecule has 4 heterocycles. The highest BCUT2D eigenvalue weighted by Gasteiger charge is 2.48. The number of rotatable bonds is 2. The number of aliphatic hydroxyl groups excluding tert-OH is 1. The number of aliphatic hydroxyl groups is 1. The predicted molar refractivity (Wildman–Crippen MR) is 94.9 cm³/mol. The topological polar surface area (TPSA) is 67.1 Å².